The molecule has 0 fully saturated rings. The molecule has 17 heavy (non-hydrogen) atoms. The minimum Gasteiger partial charge on any atom is -0.345 e. The third kappa shape index (κ3) is 4.28. The van der Waals surface area contributed by atoms with Gasteiger partial charge in [-0.3, -0.25) is 4.79 Å². The smallest absolute Gasteiger partial charge is 0.222 e. The molecule has 0 N–H and O–H groups in total. The van der Waals surface area contributed by atoms with Gasteiger partial charge in [0.05, 0.1) is 12.5 Å². The summed E-state index contributed by atoms with van der Waals surface area (Å²) in [4.78, 5) is 13.5. The average molecular weight is 230 g/mol. The zero-order valence-corrected chi connectivity index (χ0v) is 10.4. The molecule has 0 radical (unpaired) electrons. The SMILES string of the molecule is CC(CC(=O)N(C)CCC#N)c1ccccc1. The summed E-state index contributed by atoms with van der Waals surface area (Å²) >= 11 is 0. The fraction of sp³-hybridized carbons (Fsp3) is 0.429. The lowest BCUT2D eigenvalue weighted by Crippen LogP contribution is -2.28. The van der Waals surface area contributed by atoms with Gasteiger partial charge in [-0.15, -0.1) is 0 Å². The van der Waals surface area contributed by atoms with Crippen LogP contribution in [0.3, 0.4) is 0 Å². The molecule has 1 aromatic rings. The number of nitriles is 1. The third-order valence-corrected chi connectivity index (χ3v) is 2.83. The number of nitrogens with zero attached hydrogens (tertiary/aromatic N) is 2. The van der Waals surface area contributed by atoms with Crippen molar-refractivity contribution in [3.05, 3.63) is 35.9 Å². The Hall–Kier alpha value is -1.82. The van der Waals surface area contributed by atoms with Gasteiger partial charge in [-0.2, -0.15) is 5.26 Å². The highest BCUT2D eigenvalue weighted by molar-refractivity contribution is 5.76. The quantitative estimate of drug-likeness (QED) is 0.780. The van der Waals surface area contributed by atoms with Crippen molar-refractivity contribution in [2.45, 2.75) is 25.7 Å². The first-order valence-corrected chi connectivity index (χ1v) is 5.81. The second-order valence-electron chi connectivity index (χ2n) is 4.24. The van der Waals surface area contributed by atoms with Crippen molar-refractivity contribution in [1.82, 2.24) is 4.90 Å². The first-order valence-electron chi connectivity index (χ1n) is 5.81. The molecule has 3 nitrogen and oxygen atoms in total. The largest absolute Gasteiger partial charge is 0.345 e. The standard InChI is InChI=1S/C14H18N2O/c1-12(13-7-4-3-5-8-13)11-14(17)16(2)10-6-9-15/h3-5,7-8,12H,6,10-11H2,1-2H3. The van der Waals surface area contributed by atoms with Gasteiger partial charge in [0, 0.05) is 20.0 Å². The van der Waals surface area contributed by atoms with Crippen LogP contribution in [0.5, 0.6) is 0 Å². The van der Waals surface area contributed by atoms with Gasteiger partial charge >= 0.3 is 0 Å². The van der Waals surface area contributed by atoms with Crippen LogP contribution in [0.15, 0.2) is 30.3 Å². The minimum absolute atomic E-state index is 0.0941. The van der Waals surface area contributed by atoms with E-state index in [1.54, 1.807) is 11.9 Å². The van der Waals surface area contributed by atoms with Crippen molar-refractivity contribution in [3.8, 4) is 6.07 Å². The lowest BCUT2D eigenvalue weighted by molar-refractivity contribution is -0.130. The van der Waals surface area contributed by atoms with E-state index in [0.29, 0.717) is 19.4 Å². The number of hydrogen-bond donors (Lipinski definition) is 0. The fourth-order valence-corrected chi connectivity index (χ4v) is 1.66. The predicted octanol–water partition coefficient (Wildman–Crippen LogP) is 2.55. The monoisotopic (exact) mass is 230 g/mol. The average Bonchev–Trinajstić information content (AvgIpc) is 2.36. The molecule has 1 unspecified atom stereocenters. The summed E-state index contributed by atoms with van der Waals surface area (Å²) in [5, 5.41) is 8.47. The van der Waals surface area contributed by atoms with E-state index in [9.17, 15) is 4.79 Å². The molecule has 1 aromatic carbocycles. The number of rotatable bonds is 5. The molecule has 0 saturated heterocycles. The highest BCUT2D eigenvalue weighted by atomic mass is 16.2. The molecule has 0 bridgehead atoms. The number of carbonyl (C=O) groups is 1. The van der Waals surface area contributed by atoms with Crippen molar-refractivity contribution >= 4 is 5.91 Å². The van der Waals surface area contributed by atoms with Crippen molar-refractivity contribution in [2.24, 2.45) is 0 Å². The molecule has 0 aliphatic rings. The lowest BCUT2D eigenvalue weighted by atomic mass is 9.97. The Bertz CT molecular complexity index is 394. The van der Waals surface area contributed by atoms with Gasteiger partial charge in [0.2, 0.25) is 5.91 Å². The molecule has 0 aliphatic carbocycles. The molecule has 1 amide bonds. The fourth-order valence-electron chi connectivity index (χ4n) is 1.66. The molecule has 3 heteroatoms. The lowest BCUT2D eigenvalue weighted by Gasteiger charge is -2.18. The van der Waals surface area contributed by atoms with Crippen LogP contribution in [0.4, 0.5) is 0 Å². The van der Waals surface area contributed by atoms with E-state index in [1.807, 2.05) is 43.3 Å². The van der Waals surface area contributed by atoms with Crippen molar-refractivity contribution in [3.63, 3.8) is 0 Å². The van der Waals surface area contributed by atoms with E-state index in [4.69, 9.17) is 5.26 Å². The summed E-state index contributed by atoms with van der Waals surface area (Å²) in [7, 11) is 1.75. The first kappa shape index (κ1) is 13.2. The number of carbonyl (C=O) groups excluding carboxylic acids is 1. The summed E-state index contributed by atoms with van der Waals surface area (Å²) in [6.07, 6.45) is 0.883. The molecule has 90 valence electrons. The van der Waals surface area contributed by atoms with E-state index in [2.05, 4.69) is 0 Å². The highest BCUT2D eigenvalue weighted by Crippen LogP contribution is 2.19. The van der Waals surface area contributed by atoms with E-state index in [-0.39, 0.29) is 11.8 Å². The van der Waals surface area contributed by atoms with Crippen molar-refractivity contribution in [2.75, 3.05) is 13.6 Å². The summed E-state index contributed by atoms with van der Waals surface area (Å²) in [5.74, 6) is 0.310. The summed E-state index contributed by atoms with van der Waals surface area (Å²) in [6, 6.07) is 12.0. The molecular weight excluding hydrogens is 212 g/mol. The van der Waals surface area contributed by atoms with E-state index in [1.165, 1.54) is 5.56 Å². The highest BCUT2D eigenvalue weighted by Gasteiger charge is 2.14. The number of hydrogen-bond acceptors (Lipinski definition) is 2. The van der Waals surface area contributed by atoms with Gasteiger partial charge in [0.15, 0.2) is 0 Å². The van der Waals surface area contributed by atoms with Gasteiger partial charge in [-0.1, -0.05) is 37.3 Å². The van der Waals surface area contributed by atoms with E-state index < -0.39 is 0 Å². The Balaban J connectivity index is 2.49. The van der Waals surface area contributed by atoms with E-state index in [0.717, 1.165) is 0 Å². The topological polar surface area (TPSA) is 44.1 Å². The Morgan fingerprint density at radius 2 is 2.06 bits per heavy atom. The Kier molecular flexibility index (Phi) is 5.22. The number of benzene rings is 1. The molecule has 0 spiro atoms. The van der Waals surface area contributed by atoms with Crippen molar-refractivity contribution < 1.29 is 4.79 Å². The van der Waals surface area contributed by atoms with Gasteiger partial charge < -0.3 is 4.90 Å². The van der Waals surface area contributed by atoms with E-state index >= 15 is 0 Å². The molecule has 1 atom stereocenters. The van der Waals surface area contributed by atoms with Crippen LogP contribution in [0.1, 0.15) is 31.2 Å². The summed E-state index contributed by atoms with van der Waals surface area (Å²) in [5.41, 5.74) is 1.18. The maximum Gasteiger partial charge on any atom is 0.222 e. The second-order valence-corrected chi connectivity index (χ2v) is 4.24. The molecule has 0 aromatic heterocycles. The van der Waals surface area contributed by atoms with Crippen LogP contribution < -0.4 is 0 Å². The second kappa shape index (κ2) is 6.70. The molecule has 0 saturated carbocycles. The van der Waals surface area contributed by atoms with Crippen LogP contribution in [0, 0.1) is 11.3 Å². The summed E-state index contributed by atoms with van der Waals surface area (Å²) in [6.45, 7) is 2.56. The maximum absolute atomic E-state index is 11.8. The third-order valence-electron chi connectivity index (χ3n) is 2.83. The Morgan fingerprint density at radius 3 is 2.65 bits per heavy atom. The number of amides is 1. The van der Waals surface area contributed by atoms with Crippen LogP contribution in [-0.2, 0) is 4.79 Å². The van der Waals surface area contributed by atoms with Crippen LogP contribution in [-0.4, -0.2) is 24.4 Å². The zero-order valence-electron chi connectivity index (χ0n) is 10.4. The van der Waals surface area contributed by atoms with Crippen molar-refractivity contribution in [1.29, 1.82) is 5.26 Å². The molecule has 0 heterocycles. The molecule has 1 rings (SSSR count). The van der Waals surface area contributed by atoms with Crippen LogP contribution in [0.25, 0.3) is 0 Å². The maximum atomic E-state index is 11.8. The van der Waals surface area contributed by atoms with Crippen LogP contribution >= 0.6 is 0 Å². The Labute approximate surface area is 103 Å². The first-order chi connectivity index (χ1) is 8.15. The zero-order chi connectivity index (χ0) is 12.7. The molecule has 0 aliphatic heterocycles. The molecular formula is C14H18N2O. The summed E-state index contributed by atoms with van der Waals surface area (Å²) < 4.78 is 0. The predicted molar refractivity (Wildman–Crippen MR) is 67.3 cm³/mol. The Morgan fingerprint density at radius 1 is 1.41 bits per heavy atom. The van der Waals surface area contributed by atoms with Gasteiger partial charge in [0.1, 0.15) is 0 Å². The van der Waals surface area contributed by atoms with Gasteiger partial charge in [-0.25, -0.2) is 0 Å². The minimum atomic E-state index is 0.0941. The normalized spacial score (nSPS) is 11.6. The van der Waals surface area contributed by atoms with Gasteiger partial charge in [-0.05, 0) is 11.5 Å². The van der Waals surface area contributed by atoms with Crippen LogP contribution in [0.2, 0.25) is 0 Å². The van der Waals surface area contributed by atoms with Gasteiger partial charge in [0.25, 0.3) is 0 Å².